The van der Waals surface area contributed by atoms with Crippen molar-refractivity contribution in [1.82, 2.24) is 15.0 Å². The van der Waals surface area contributed by atoms with Gasteiger partial charge in [-0.15, -0.1) is 0 Å². The van der Waals surface area contributed by atoms with Gasteiger partial charge in [0.1, 0.15) is 11.6 Å². The standard InChI is InChI=1S/C19H16N4OS/c1-12-4-3-5-18(21-12)23-19-22-16-7-6-13(9-17(16)25-19)14-8-15(24-2)11-20-10-14/h3-11H,1-2H3,(H,21,22,23). The first-order valence-corrected chi connectivity index (χ1v) is 8.63. The van der Waals surface area contributed by atoms with Crippen molar-refractivity contribution in [2.75, 3.05) is 12.4 Å². The average Bonchev–Trinajstić information content (AvgIpc) is 3.03. The predicted octanol–water partition coefficient (Wildman–Crippen LogP) is 4.81. The second-order valence-corrected chi connectivity index (χ2v) is 6.63. The highest BCUT2D eigenvalue weighted by molar-refractivity contribution is 7.22. The van der Waals surface area contributed by atoms with Crippen LogP contribution in [-0.2, 0) is 0 Å². The largest absolute Gasteiger partial charge is 0.495 e. The van der Waals surface area contributed by atoms with Crippen molar-refractivity contribution in [2.24, 2.45) is 0 Å². The van der Waals surface area contributed by atoms with Crippen LogP contribution in [0, 0.1) is 6.92 Å². The van der Waals surface area contributed by atoms with Gasteiger partial charge in [0.15, 0.2) is 5.13 Å². The van der Waals surface area contributed by atoms with Crippen LogP contribution in [-0.4, -0.2) is 22.1 Å². The van der Waals surface area contributed by atoms with Gasteiger partial charge in [-0.1, -0.05) is 23.5 Å². The molecular weight excluding hydrogens is 332 g/mol. The Labute approximate surface area is 149 Å². The van der Waals surface area contributed by atoms with Gasteiger partial charge in [-0.2, -0.15) is 0 Å². The molecule has 0 saturated carbocycles. The number of nitrogens with zero attached hydrogens (tertiary/aromatic N) is 3. The number of hydrogen-bond acceptors (Lipinski definition) is 6. The number of aryl methyl sites for hydroxylation is 1. The number of rotatable bonds is 4. The quantitative estimate of drug-likeness (QED) is 0.573. The lowest BCUT2D eigenvalue weighted by molar-refractivity contribution is 0.413. The molecule has 0 atom stereocenters. The van der Waals surface area contributed by atoms with E-state index in [4.69, 9.17) is 4.74 Å². The summed E-state index contributed by atoms with van der Waals surface area (Å²) in [5.74, 6) is 1.55. The van der Waals surface area contributed by atoms with Crippen LogP contribution in [0.5, 0.6) is 5.75 Å². The van der Waals surface area contributed by atoms with Gasteiger partial charge in [0.25, 0.3) is 0 Å². The molecule has 3 heterocycles. The fourth-order valence-electron chi connectivity index (χ4n) is 2.57. The summed E-state index contributed by atoms with van der Waals surface area (Å²) in [5.41, 5.74) is 4.03. The molecule has 5 nitrogen and oxygen atoms in total. The lowest BCUT2D eigenvalue weighted by Gasteiger charge is -2.03. The molecule has 0 radical (unpaired) electrons. The molecule has 1 N–H and O–H groups in total. The Morgan fingerprint density at radius 2 is 1.92 bits per heavy atom. The third kappa shape index (κ3) is 3.29. The van der Waals surface area contributed by atoms with Crippen LogP contribution in [0.1, 0.15) is 5.69 Å². The van der Waals surface area contributed by atoms with Gasteiger partial charge >= 0.3 is 0 Å². The molecule has 0 aliphatic heterocycles. The van der Waals surface area contributed by atoms with Gasteiger partial charge in [-0.3, -0.25) is 4.98 Å². The maximum Gasteiger partial charge on any atom is 0.189 e. The molecule has 6 heteroatoms. The van der Waals surface area contributed by atoms with E-state index < -0.39 is 0 Å². The number of anilines is 2. The molecule has 1 aromatic carbocycles. The molecule has 0 unspecified atom stereocenters. The number of nitrogens with one attached hydrogen (secondary N) is 1. The molecule has 0 fully saturated rings. The molecule has 0 amide bonds. The zero-order valence-electron chi connectivity index (χ0n) is 13.9. The number of fused-ring (bicyclic) bond motifs is 1. The van der Waals surface area contributed by atoms with Crippen LogP contribution in [0.15, 0.2) is 54.9 Å². The third-order valence-corrected chi connectivity index (χ3v) is 4.73. The van der Waals surface area contributed by atoms with E-state index in [-0.39, 0.29) is 0 Å². The summed E-state index contributed by atoms with van der Waals surface area (Å²) in [6.07, 6.45) is 3.53. The van der Waals surface area contributed by atoms with Crippen molar-refractivity contribution in [3.63, 3.8) is 0 Å². The minimum absolute atomic E-state index is 0.745. The van der Waals surface area contributed by atoms with Gasteiger partial charge < -0.3 is 10.1 Å². The minimum Gasteiger partial charge on any atom is -0.495 e. The second kappa shape index (κ2) is 6.49. The van der Waals surface area contributed by atoms with E-state index in [2.05, 4.69) is 26.3 Å². The SMILES string of the molecule is COc1cncc(-c2ccc3nc(Nc4cccc(C)n4)sc3c2)c1. The Balaban J connectivity index is 1.67. The topological polar surface area (TPSA) is 59.9 Å². The van der Waals surface area contributed by atoms with Crippen LogP contribution in [0.3, 0.4) is 0 Å². The van der Waals surface area contributed by atoms with Crippen molar-refractivity contribution in [2.45, 2.75) is 6.92 Å². The average molecular weight is 348 g/mol. The second-order valence-electron chi connectivity index (χ2n) is 5.60. The predicted molar refractivity (Wildman–Crippen MR) is 102 cm³/mol. The summed E-state index contributed by atoms with van der Waals surface area (Å²) in [6, 6.07) is 14.1. The van der Waals surface area contributed by atoms with Gasteiger partial charge in [0.2, 0.25) is 0 Å². The molecule has 0 saturated heterocycles. The Hall–Kier alpha value is -2.99. The molecule has 0 aliphatic carbocycles. The van der Waals surface area contributed by atoms with Gasteiger partial charge in [-0.05, 0) is 42.8 Å². The zero-order valence-corrected chi connectivity index (χ0v) is 14.7. The van der Waals surface area contributed by atoms with Crippen LogP contribution in [0.25, 0.3) is 21.3 Å². The number of aromatic nitrogens is 3. The van der Waals surface area contributed by atoms with Crippen LogP contribution < -0.4 is 10.1 Å². The van der Waals surface area contributed by atoms with E-state index in [1.165, 1.54) is 0 Å². The maximum absolute atomic E-state index is 5.25. The van der Waals surface area contributed by atoms with Crippen molar-refractivity contribution in [3.05, 3.63) is 60.6 Å². The summed E-state index contributed by atoms with van der Waals surface area (Å²) in [4.78, 5) is 13.3. The molecule has 0 spiro atoms. The van der Waals surface area contributed by atoms with Crippen LogP contribution in [0.2, 0.25) is 0 Å². The summed E-state index contributed by atoms with van der Waals surface area (Å²) in [7, 11) is 1.64. The molecule has 3 aromatic heterocycles. The Kier molecular flexibility index (Phi) is 4.03. The molecule has 0 bridgehead atoms. The minimum atomic E-state index is 0.745. The molecule has 124 valence electrons. The highest BCUT2D eigenvalue weighted by Gasteiger charge is 2.08. The van der Waals surface area contributed by atoms with E-state index in [0.717, 1.165) is 43.7 Å². The number of ether oxygens (including phenoxy) is 1. The third-order valence-electron chi connectivity index (χ3n) is 3.79. The van der Waals surface area contributed by atoms with E-state index >= 15 is 0 Å². The maximum atomic E-state index is 5.25. The van der Waals surface area contributed by atoms with Crippen molar-refractivity contribution < 1.29 is 4.74 Å². The summed E-state index contributed by atoms with van der Waals surface area (Å²) >= 11 is 1.60. The summed E-state index contributed by atoms with van der Waals surface area (Å²) in [5, 5.41) is 4.10. The molecule has 4 rings (SSSR count). The Bertz CT molecular complexity index is 1040. The lowest BCUT2D eigenvalue weighted by Crippen LogP contribution is -1.93. The smallest absolute Gasteiger partial charge is 0.189 e. The number of benzene rings is 1. The van der Waals surface area contributed by atoms with Crippen LogP contribution >= 0.6 is 11.3 Å². The summed E-state index contributed by atoms with van der Waals surface area (Å²) < 4.78 is 6.36. The van der Waals surface area contributed by atoms with E-state index in [0.29, 0.717) is 0 Å². The highest BCUT2D eigenvalue weighted by Crippen LogP contribution is 2.32. The number of hydrogen-bond donors (Lipinski definition) is 1. The molecule has 0 aliphatic rings. The van der Waals surface area contributed by atoms with E-state index in [1.807, 2.05) is 49.5 Å². The molecular formula is C19H16N4OS. The Morgan fingerprint density at radius 3 is 2.76 bits per heavy atom. The van der Waals surface area contributed by atoms with Gasteiger partial charge in [-0.25, -0.2) is 9.97 Å². The monoisotopic (exact) mass is 348 g/mol. The number of methoxy groups -OCH3 is 1. The fourth-order valence-corrected chi connectivity index (χ4v) is 3.48. The first-order valence-electron chi connectivity index (χ1n) is 7.82. The van der Waals surface area contributed by atoms with Gasteiger partial charge in [0, 0.05) is 17.5 Å². The van der Waals surface area contributed by atoms with Crippen molar-refractivity contribution in [3.8, 4) is 16.9 Å². The van der Waals surface area contributed by atoms with Gasteiger partial charge in [0.05, 0.1) is 23.5 Å². The number of pyridine rings is 2. The van der Waals surface area contributed by atoms with E-state index in [9.17, 15) is 0 Å². The number of thiazole rings is 1. The molecule has 25 heavy (non-hydrogen) atoms. The van der Waals surface area contributed by atoms with E-state index in [1.54, 1.807) is 24.6 Å². The normalized spacial score (nSPS) is 10.8. The van der Waals surface area contributed by atoms with Crippen molar-refractivity contribution in [1.29, 1.82) is 0 Å². The zero-order chi connectivity index (χ0) is 17.2. The molecule has 4 aromatic rings. The fraction of sp³-hybridized carbons (Fsp3) is 0.105. The van der Waals surface area contributed by atoms with Crippen molar-refractivity contribution >= 4 is 32.5 Å². The first-order chi connectivity index (χ1) is 12.2. The lowest BCUT2D eigenvalue weighted by atomic mass is 10.1. The van der Waals surface area contributed by atoms with Crippen LogP contribution in [0.4, 0.5) is 10.9 Å². The Morgan fingerprint density at radius 1 is 1.00 bits per heavy atom. The summed E-state index contributed by atoms with van der Waals surface area (Å²) in [6.45, 7) is 1.97. The highest BCUT2D eigenvalue weighted by atomic mass is 32.1. The first kappa shape index (κ1) is 15.5.